The maximum Gasteiger partial charge on any atom is 0.253 e. The number of carbonyl (C=O) groups excluding carboxylic acids is 1. The van der Waals surface area contributed by atoms with E-state index in [0.717, 1.165) is 6.42 Å². The van der Waals surface area contributed by atoms with Crippen LogP contribution in [0.5, 0.6) is 11.5 Å². The Hall–Kier alpha value is -2.01. The summed E-state index contributed by atoms with van der Waals surface area (Å²) in [4.78, 5) is 15.4. The van der Waals surface area contributed by atoms with E-state index in [1.54, 1.807) is 35.4 Å². The van der Waals surface area contributed by atoms with Gasteiger partial charge < -0.3 is 14.7 Å². The van der Waals surface area contributed by atoms with Crippen molar-refractivity contribution in [3.63, 3.8) is 0 Å². The smallest absolute Gasteiger partial charge is 0.253 e. The molecule has 0 saturated heterocycles. The molecule has 1 N–H and O–H groups in total. The minimum Gasteiger partial charge on any atom is -0.504 e. The van der Waals surface area contributed by atoms with Gasteiger partial charge in [-0.05, 0) is 36.6 Å². The number of methoxy groups -OCH3 is 1. The summed E-state index contributed by atoms with van der Waals surface area (Å²) in [5, 5.41) is 11.8. The van der Waals surface area contributed by atoms with E-state index in [2.05, 4.69) is 6.07 Å². The van der Waals surface area contributed by atoms with Crippen molar-refractivity contribution in [1.29, 1.82) is 0 Å². The minimum atomic E-state index is -0.114. The predicted molar refractivity (Wildman–Crippen MR) is 84.2 cm³/mol. The molecule has 0 aliphatic heterocycles. The van der Waals surface area contributed by atoms with Gasteiger partial charge in [-0.25, -0.2) is 0 Å². The maximum absolute atomic E-state index is 12.4. The number of ether oxygens (including phenoxy) is 1. The monoisotopic (exact) mass is 305 g/mol. The number of aromatic hydroxyl groups is 1. The van der Waals surface area contributed by atoms with E-state index in [1.807, 2.05) is 18.4 Å². The van der Waals surface area contributed by atoms with Gasteiger partial charge in [-0.15, -0.1) is 11.3 Å². The van der Waals surface area contributed by atoms with Crippen molar-refractivity contribution >= 4 is 17.2 Å². The van der Waals surface area contributed by atoms with Crippen LogP contribution in [-0.4, -0.2) is 36.1 Å². The third-order valence-corrected chi connectivity index (χ3v) is 4.38. The van der Waals surface area contributed by atoms with Crippen LogP contribution in [0.3, 0.4) is 0 Å². The van der Waals surface area contributed by atoms with Crippen LogP contribution < -0.4 is 4.74 Å². The van der Waals surface area contributed by atoms with Crippen LogP contribution in [0.1, 0.15) is 22.2 Å². The number of likely N-dealkylation sites (N-methyl/N-ethyl adjacent to an activating group) is 1. The van der Waals surface area contributed by atoms with Crippen LogP contribution in [0.15, 0.2) is 35.7 Å². The van der Waals surface area contributed by atoms with Crippen LogP contribution >= 0.6 is 11.3 Å². The lowest BCUT2D eigenvalue weighted by Gasteiger charge is -2.25. The zero-order valence-corrected chi connectivity index (χ0v) is 13.2. The van der Waals surface area contributed by atoms with Crippen LogP contribution in [0.25, 0.3) is 0 Å². The normalized spacial score (nSPS) is 12.0. The summed E-state index contributed by atoms with van der Waals surface area (Å²) in [7, 11) is 3.26. The predicted octanol–water partition coefficient (Wildman–Crippen LogP) is 3.17. The molecule has 21 heavy (non-hydrogen) atoms. The van der Waals surface area contributed by atoms with Crippen LogP contribution in [0.4, 0.5) is 0 Å². The third-order valence-electron chi connectivity index (χ3n) is 3.48. The van der Waals surface area contributed by atoms with Crippen molar-refractivity contribution in [2.45, 2.75) is 19.4 Å². The number of carbonyl (C=O) groups is 1. The second kappa shape index (κ2) is 6.63. The summed E-state index contributed by atoms with van der Waals surface area (Å²) in [5.41, 5.74) is 0.453. The first-order valence-electron chi connectivity index (χ1n) is 6.69. The Morgan fingerprint density at radius 1 is 1.43 bits per heavy atom. The molecule has 1 unspecified atom stereocenters. The van der Waals surface area contributed by atoms with Gasteiger partial charge in [0.2, 0.25) is 0 Å². The zero-order valence-electron chi connectivity index (χ0n) is 12.4. The number of benzene rings is 1. The molecule has 0 aliphatic carbocycles. The fraction of sp³-hybridized carbons (Fsp3) is 0.312. The highest BCUT2D eigenvalue weighted by Crippen LogP contribution is 2.27. The molecular weight excluding hydrogens is 286 g/mol. The van der Waals surface area contributed by atoms with Crippen molar-refractivity contribution < 1.29 is 14.6 Å². The lowest BCUT2D eigenvalue weighted by atomic mass is 10.1. The molecule has 2 aromatic rings. The summed E-state index contributed by atoms with van der Waals surface area (Å²) in [5.74, 6) is 0.223. The lowest BCUT2D eigenvalue weighted by Crippen LogP contribution is -2.36. The molecule has 0 bridgehead atoms. The van der Waals surface area contributed by atoms with Crippen molar-refractivity contribution in [2.24, 2.45) is 0 Å². The van der Waals surface area contributed by atoms with Gasteiger partial charge in [0.05, 0.1) is 7.11 Å². The summed E-state index contributed by atoms with van der Waals surface area (Å²) in [6.07, 6.45) is 0.821. The van der Waals surface area contributed by atoms with E-state index >= 15 is 0 Å². The molecule has 2 rings (SSSR count). The standard InChI is InChI=1S/C16H19NO3S/c1-11(9-13-5-4-8-21-13)17(2)16(19)12-6-7-15(20-3)14(18)10-12/h4-8,10-11,18H,9H2,1-3H3. The number of thiophene rings is 1. The molecule has 0 radical (unpaired) electrons. The number of amides is 1. The molecule has 1 aromatic carbocycles. The first-order chi connectivity index (χ1) is 10.0. The van der Waals surface area contributed by atoms with Crippen molar-refractivity contribution in [1.82, 2.24) is 4.90 Å². The zero-order chi connectivity index (χ0) is 15.4. The van der Waals surface area contributed by atoms with Crippen LogP contribution in [0.2, 0.25) is 0 Å². The number of rotatable bonds is 5. The first-order valence-corrected chi connectivity index (χ1v) is 7.57. The average molecular weight is 305 g/mol. The fourth-order valence-corrected chi connectivity index (χ4v) is 2.91. The largest absolute Gasteiger partial charge is 0.504 e. The second-order valence-corrected chi connectivity index (χ2v) is 5.97. The second-order valence-electron chi connectivity index (χ2n) is 4.94. The van der Waals surface area contributed by atoms with Gasteiger partial charge in [0.1, 0.15) is 0 Å². The van der Waals surface area contributed by atoms with Gasteiger partial charge in [-0.1, -0.05) is 6.07 Å². The number of phenols is 1. The van der Waals surface area contributed by atoms with Gasteiger partial charge in [-0.2, -0.15) is 0 Å². The van der Waals surface area contributed by atoms with Crippen molar-refractivity contribution in [3.05, 3.63) is 46.2 Å². The van der Waals surface area contributed by atoms with E-state index in [-0.39, 0.29) is 17.7 Å². The van der Waals surface area contributed by atoms with Crippen LogP contribution in [0, 0.1) is 0 Å². The highest BCUT2D eigenvalue weighted by molar-refractivity contribution is 7.09. The molecule has 1 aromatic heterocycles. The Kier molecular flexibility index (Phi) is 4.85. The number of phenolic OH excluding ortho intramolecular Hbond substituents is 1. The molecule has 0 spiro atoms. The van der Waals surface area contributed by atoms with Crippen molar-refractivity contribution in [3.8, 4) is 11.5 Å². The molecular formula is C16H19NO3S. The molecule has 4 nitrogen and oxygen atoms in total. The van der Waals surface area contributed by atoms with E-state index in [0.29, 0.717) is 11.3 Å². The van der Waals surface area contributed by atoms with Gasteiger partial charge >= 0.3 is 0 Å². The molecule has 0 aliphatic rings. The highest BCUT2D eigenvalue weighted by atomic mass is 32.1. The van der Waals surface area contributed by atoms with Gasteiger partial charge in [0.25, 0.3) is 5.91 Å². The molecule has 0 saturated carbocycles. The van der Waals surface area contributed by atoms with Crippen LogP contribution in [-0.2, 0) is 6.42 Å². The summed E-state index contributed by atoms with van der Waals surface area (Å²) < 4.78 is 4.98. The SMILES string of the molecule is COc1ccc(C(=O)N(C)C(C)Cc2cccs2)cc1O. The first kappa shape index (κ1) is 15.4. The van der Waals surface area contributed by atoms with E-state index in [4.69, 9.17) is 4.74 Å². The number of nitrogens with zero attached hydrogens (tertiary/aromatic N) is 1. The summed E-state index contributed by atoms with van der Waals surface area (Å²) in [6, 6.07) is 8.86. The Labute approximate surface area is 128 Å². The van der Waals surface area contributed by atoms with E-state index in [9.17, 15) is 9.90 Å². The van der Waals surface area contributed by atoms with E-state index in [1.165, 1.54) is 18.1 Å². The third kappa shape index (κ3) is 3.55. The maximum atomic E-state index is 12.4. The minimum absolute atomic E-state index is 0.0253. The Bertz CT molecular complexity index is 610. The topological polar surface area (TPSA) is 49.8 Å². The Balaban J connectivity index is 2.09. The Morgan fingerprint density at radius 2 is 2.19 bits per heavy atom. The average Bonchev–Trinajstić information content (AvgIpc) is 2.98. The number of hydrogen-bond acceptors (Lipinski definition) is 4. The molecule has 112 valence electrons. The van der Waals surface area contributed by atoms with Gasteiger partial charge in [0.15, 0.2) is 11.5 Å². The van der Waals surface area contributed by atoms with Gasteiger partial charge in [-0.3, -0.25) is 4.79 Å². The molecule has 1 atom stereocenters. The number of hydrogen-bond donors (Lipinski definition) is 1. The summed E-state index contributed by atoms with van der Waals surface area (Å²) >= 11 is 1.69. The molecule has 5 heteroatoms. The quantitative estimate of drug-likeness (QED) is 0.923. The molecule has 1 heterocycles. The van der Waals surface area contributed by atoms with Gasteiger partial charge in [0, 0.05) is 30.0 Å². The summed E-state index contributed by atoms with van der Waals surface area (Å²) in [6.45, 7) is 2.01. The van der Waals surface area contributed by atoms with E-state index < -0.39 is 0 Å². The molecule has 0 fully saturated rings. The van der Waals surface area contributed by atoms with Crippen molar-refractivity contribution in [2.75, 3.05) is 14.2 Å². The Morgan fingerprint density at radius 3 is 2.76 bits per heavy atom. The highest BCUT2D eigenvalue weighted by Gasteiger charge is 2.19. The molecule has 1 amide bonds. The fourth-order valence-electron chi connectivity index (χ4n) is 2.08. The lowest BCUT2D eigenvalue weighted by molar-refractivity contribution is 0.0743.